The molecule has 5 nitrogen and oxygen atoms in total. The van der Waals surface area contributed by atoms with Gasteiger partial charge in [-0.3, -0.25) is 14.9 Å². The van der Waals surface area contributed by atoms with Crippen molar-refractivity contribution < 1.29 is 19.4 Å². The Bertz CT molecular complexity index is 299. The van der Waals surface area contributed by atoms with Crippen LogP contribution in [0, 0.1) is 5.41 Å². The maximum Gasteiger partial charge on any atom is 0.320 e. The summed E-state index contributed by atoms with van der Waals surface area (Å²) < 4.78 is 5.10. The van der Waals surface area contributed by atoms with Crippen molar-refractivity contribution in [1.82, 2.24) is 5.32 Å². The largest absolute Gasteiger partial charge is 0.480 e. The number of ether oxygens (including phenoxy) is 1. The van der Waals surface area contributed by atoms with Gasteiger partial charge in [0.05, 0.1) is 6.54 Å². The summed E-state index contributed by atoms with van der Waals surface area (Å²) in [6, 6.07) is -0.738. The molecule has 0 aromatic heterocycles. The highest BCUT2D eigenvalue weighted by Gasteiger charge is 2.25. The van der Waals surface area contributed by atoms with E-state index in [-0.39, 0.29) is 12.0 Å². The number of esters is 1. The van der Waals surface area contributed by atoms with Gasteiger partial charge in [-0.1, -0.05) is 20.8 Å². The van der Waals surface area contributed by atoms with Crippen LogP contribution in [0.4, 0.5) is 0 Å². The van der Waals surface area contributed by atoms with Crippen molar-refractivity contribution >= 4 is 11.9 Å². The van der Waals surface area contributed by atoms with Crippen molar-refractivity contribution in [2.75, 3.05) is 6.54 Å². The lowest BCUT2D eigenvalue weighted by Gasteiger charge is -2.25. The van der Waals surface area contributed by atoms with Gasteiger partial charge in [0.1, 0.15) is 11.6 Å². The van der Waals surface area contributed by atoms with Crippen LogP contribution in [0.2, 0.25) is 0 Å². The highest BCUT2D eigenvalue weighted by molar-refractivity contribution is 5.76. The third kappa shape index (κ3) is 8.98. The Balaban J connectivity index is 4.29. The Hall–Kier alpha value is -1.10. The average Bonchev–Trinajstić information content (AvgIpc) is 2.06. The van der Waals surface area contributed by atoms with E-state index >= 15 is 0 Å². The smallest absolute Gasteiger partial charge is 0.320 e. The lowest BCUT2D eigenvalue weighted by Crippen LogP contribution is -2.43. The van der Waals surface area contributed by atoms with E-state index in [9.17, 15) is 9.59 Å². The molecule has 0 bridgehead atoms. The molecule has 0 fully saturated rings. The summed E-state index contributed by atoms with van der Waals surface area (Å²) in [6.07, 6.45) is 0.450. The lowest BCUT2D eigenvalue weighted by atomic mass is 9.88. The lowest BCUT2D eigenvalue weighted by molar-refractivity contribution is -0.154. The van der Waals surface area contributed by atoms with Gasteiger partial charge in [0.2, 0.25) is 0 Å². The predicted molar refractivity (Wildman–Crippen MR) is 69.3 cm³/mol. The van der Waals surface area contributed by atoms with E-state index in [1.807, 2.05) is 20.8 Å². The summed E-state index contributed by atoms with van der Waals surface area (Å²) in [6.45, 7) is 11.1. The number of carbonyl (C=O) groups is 2. The summed E-state index contributed by atoms with van der Waals surface area (Å²) in [5.41, 5.74) is -0.675. The van der Waals surface area contributed by atoms with Gasteiger partial charge in [-0.05, 0) is 32.6 Å². The summed E-state index contributed by atoms with van der Waals surface area (Å²) in [5.74, 6) is -1.39. The molecule has 0 aromatic carbocycles. The highest BCUT2D eigenvalue weighted by Crippen LogP contribution is 2.20. The van der Waals surface area contributed by atoms with E-state index in [0.29, 0.717) is 6.42 Å². The number of carbonyl (C=O) groups excluding carboxylic acids is 1. The molecule has 1 atom stereocenters. The van der Waals surface area contributed by atoms with Gasteiger partial charge in [-0.15, -0.1) is 0 Å². The Morgan fingerprint density at radius 1 is 1.17 bits per heavy atom. The van der Waals surface area contributed by atoms with Crippen molar-refractivity contribution in [3.05, 3.63) is 0 Å². The van der Waals surface area contributed by atoms with Crippen molar-refractivity contribution in [2.45, 2.75) is 59.6 Å². The van der Waals surface area contributed by atoms with Crippen LogP contribution in [-0.4, -0.2) is 35.2 Å². The number of hydrogen-bond donors (Lipinski definition) is 2. The zero-order valence-electron chi connectivity index (χ0n) is 12.2. The molecule has 0 aliphatic carbocycles. The molecule has 0 radical (unpaired) electrons. The maximum atomic E-state index is 11.5. The first-order chi connectivity index (χ1) is 7.91. The number of rotatable bonds is 5. The third-order valence-corrected chi connectivity index (χ3v) is 2.03. The average molecular weight is 259 g/mol. The van der Waals surface area contributed by atoms with Gasteiger partial charge >= 0.3 is 11.9 Å². The number of hydrogen-bond acceptors (Lipinski definition) is 4. The van der Waals surface area contributed by atoms with Crippen LogP contribution < -0.4 is 5.32 Å². The van der Waals surface area contributed by atoms with E-state index in [0.717, 1.165) is 0 Å². The van der Waals surface area contributed by atoms with Crippen LogP contribution in [0.25, 0.3) is 0 Å². The number of aliphatic carboxylic acids is 1. The number of nitrogens with one attached hydrogen (secondary N) is 1. The minimum atomic E-state index is -0.950. The molecular weight excluding hydrogens is 234 g/mol. The van der Waals surface area contributed by atoms with Gasteiger partial charge in [0.15, 0.2) is 0 Å². The first-order valence-corrected chi connectivity index (χ1v) is 6.09. The fourth-order valence-corrected chi connectivity index (χ4v) is 1.44. The van der Waals surface area contributed by atoms with Gasteiger partial charge in [0.25, 0.3) is 0 Å². The quantitative estimate of drug-likeness (QED) is 0.736. The van der Waals surface area contributed by atoms with Crippen LogP contribution >= 0.6 is 0 Å². The standard InChI is InChI=1S/C13H25NO4/c1-12(2,3)7-9(11(16)17)14-8-10(15)18-13(4,5)6/h9,14H,7-8H2,1-6H3,(H,16,17). The molecule has 0 spiro atoms. The molecule has 0 aromatic rings. The van der Waals surface area contributed by atoms with Crippen molar-refractivity contribution in [1.29, 1.82) is 0 Å². The van der Waals surface area contributed by atoms with Crippen molar-refractivity contribution in [2.24, 2.45) is 5.41 Å². The summed E-state index contributed by atoms with van der Waals surface area (Å²) in [7, 11) is 0. The summed E-state index contributed by atoms with van der Waals surface area (Å²) >= 11 is 0. The molecule has 1 unspecified atom stereocenters. The van der Waals surface area contributed by atoms with Gasteiger partial charge < -0.3 is 9.84 Å². The maximum absolute atomic E-state index is 11.5. The van der Waals surface area contributed by atoms with Gasteiger partial charge in [-0.2, -0.15) is 0 Å². The molecule has 18 heavy (non-hydrogen) atoms. The molecule has 106 valence electrons. The minimum absolute atomic E-state index is 0.0929. The summed E-state index contributed by atoms with van der Waals surface area (Å²) in [4.78, 5) is 22.5. The molecular formula is C13H25NO4. The zero-order chi connectivity index (χ0) is 14.6. The molecule has 0 aliphatic heterocycles. The van der Waals surface area contributed by atoms with E-state index < -0.39 is 23.6 Å². The van der Waals surface area contributed by atoms with E-state index in [1.165, 1.54) is 0 Å². The van der Waals surface area contributed by atoms with E-state index in [1.54, 1.807) is 20.8 Å². The van der Waals surface area contributed by atoms with Crippen LogP contribution in [0.15, 0.2) is 0 Å². The molecule has 5 heteroatoms. The Morgan fingerprint density at radius 2 is 1.67 bits per heavy atom. The first-order valence-electron chi connectivity index (χ1n) is 6.09. The Kier molecular flexibility index (Phi) is 5.80. The second kappa shape index (κ2) is 6.18. The van der Waals surface area contributed by atoms with Crippen LogP contribution in [-0.2, 0) is 14.3 Å². The monoisotopic (exact) mass is 259 g/mol. The van der Waals surface area contributed by atoms with E-state index in [4.69, 9.17) is 9.84 Å². The predicted octanol–water partition coefficient (Wildman–Crippen LogP) is 1.81. The second-order valence-electron chi connectivity index (χ2n) is 6.62. The second-order valence-corrected chi connectivity index (χ2v) is 6.62. The number of carboxylic acids is 1. The fourth-order valence-electron chi connectivity index (χ4n) is 1.44. The Labute approximate surface area is 109 Å². The third-order valence-electron chi connectivity index (χ3n) is 2.03. The summed E-state index contributed by atoms with van der Waals surface area (Å²) in [5, 5.41) is 11.8. The van der Waals surface area contributed by atoms with Crippen molar-refractivity contribution in [3.8, 4) is 0 Å². The van der Waals surface area contributed by atoms with Gasteiger partial charge in [0, 0.05) is 0 Å². The van der Waals surface area contributed by atoms with E-state index in [2.05, 4.69) is 5.32 Å². The normalized spacial score (nSPS) is 14.1. The van der Waals surface area contributed by atoms with Gasteiger partial charge in [-0.25, -0.2) is 0 Å². The molecule has 0 rings (SSSR count). The molecule has 0 heterocycles. The highest BCUT2D eigenvalue weighted by atomic mass is 16.6. The molecule has 2 N–H and O–H groups in total. The number of carboxylic acid groups (broad SMARTS) is 1. The SMILES string of the molecule is CC(C)(C)CC(NCC(=O)OC(C)(C)C)C(=O)O. The van der Waals surface area contributed by atoms with Crippen LogP contribution in [0.5, 0.6) is 0 Å². The fraction of sp³-hybridized carbons (Fsp3) is 0.846. The first kappa shape index (κ1) is 16.9. The van der Waals surface area contributed by atoms with Crippen LogP contribution in [0.3, 0.4) is 0 Å². The molecule has 0 amide bonds. The topological polar surface area (TPSA) is 75.6 Å². The Morgan fingerprint density at radius 3 is 2.00 bits per heavy atom. The molecule has 0 saturated heterocycles. The van der Waals surface area contributed by atoms with Crippen molar-refractivity contribution in [3.63, 3.8) is 0 Å². The zero-order valence-corrected chi connectivity index (χ0v) is 12.2. The van der Waals surface area contributed by atoms with Crippen LogP contribution in [0.1, 0.15) is 48.0 Å². The molecule has 0 aliphatic rings. The minimum Gasteiger partial charge on any atom is -0.480 e. The molecule has 0 saturated carbocycles.